The van der Waals surface area contributed by atoms with Crippen molar-refractivity contribution >= 4 is 10.8 Å². The predicted molar refractivity (Wildman–Crippen MR) is 68.6 cm³/mol. The summed E-state index contributed by atoms with van der Waals surface area (Å²) in [7, 11) is 0. The Hall–Kier alpha value is -1.34. The zero-order chi connectivity index (χ0) is 11.6. The average Bonchev–Trinajstić information content (AvgIpc) is 2.25. The van der Waals surface area contributed by atoms with Crippen molar-refractivity contribution in [3.05, 3.63) is 48.0 Å². The quantitative estimate of drug-likeness (QED) is 0.828. The minimum atomic E-state index is -0.578. The van der Waals surface area contributed by atoms with Crippen LogP contribution in [0, 0.1) is 0 Å². The molecule has 1 nitrogen and oxygen atoms in total. The van der Waals surface area contributed by atoms with Gasteiger partial charge in [-0.1, -0.05) is 42.5 Å². The highest BCUT2D eigenvalue weighted by Crippen LogP contribution is 2.18. The van der Waals surface area contributed by atoms with Crippen LogP contribution in [0.25, 0.3) is 10.8 Å². The first-order chi connectivity index (χ1) is 7.54. The number of hydrogen-bond acceptors (Lipinski definition) is 1. The highest BCUT2D eigenvalue weighted by atomic mass is 16.3. The van der Waals surface area contributed by atoms with Crippen molar-refractivity contribution in [2.24, 2.45) is 0 Å². The molecule has 0 aliphatic carbocycles. The van der Waals surface area contributed by atoms with Crippen LogP contribution in [0.2, 0.25) is 0 Å². The molecule has 0 aliphatic heterocycles. The molecule has 16 heavy (non-hydrogen) atoms. The molecule has 0 saturated heterocycles. The van der Waals surface area contributed by atoms with E-state index in [-0.39, 0.29) is 0 Å². The SMILES string of the molecule is CC(C)(O)CCc1ccc2ccccc2c1. The van der Waals surface area contributed by atoms with Crippen LogP contribution >= 0.6 is 0 Å². The smallest absolute Gasteiger partial charge is 0.0594 e. The van der Waals surface area contributed by atoms with Gasteiger partial charge in [0.2, 0.25) is 0 Å². The van der Waals surface area contributed by atoms with Gasteiger partial charge in [-0.25, -0.2) is 0 Å². The van der Waals surface area contributed by atoms with Gasteiger partial charge in [0.25, 0.3) is 0 Å². The Morgan fingerprint density at radius 1 is 1.00 bits per heavy atom. The Balaban J connectivity index is 2.20. The highest BCUT2D eigenvalue weighted by molar-refractivity contribution is 5.82. The van der Waals surface area contributed by atoms with Gasteiger partial charge in [0.1, 0.15) is 0 Å². The van der Waals surface area contributed by atoms with Crippen LogP contribution in [0.4, 0.5) is 0 Å². The van der Waals surface area contributed by atoms with Crippen molar-refractivity contribution < 1.29 is 5.11 Å². The molecule has 0 aliphatic rings. The minimum absolute atomic E-state index is 0.578. The van der Waals surface area contributed by atoms with E-state index in [0.29, 0.717) is 0 Å². The van der Waals surface area contributed by atoms with Crippen molar-refractivity contribution in [1.29, 1.82) is 0 Å². The summed E-state index contributed by atoms with van der Waals surface area (Å²) in [6.07, 6.45) is 1.72. The van der Waals surface area contributed by atoms with E-state index in [4.69, 9.17) is 0 Å². The number of hydrogen-bond donors (Lipinski definition) is 1. The van der Waals surface area contributed by atoms with Gasteiger partial charge in [-0.2, -0.15) is 0 Å². The van der Waals surface area contributed by atoms with Crippen LogP contribution in [-0.4, -0.2) is 10.7 Å². The molecule has 0 radical (unpaired) electrons. The number of aliphatic hydroxyl groups is 1. The summed E-state index contributed by atoms with van der Waals surface area (Å²) < 4.78 is 0. The molecule has 0 bridgehead atoms. The molecule has 1 N–H and O–H groups in total. The summed E-state index contributed by atoms with van der Waals surface area (Å²) in [5.74, 6) is 0. The summed E-state index contributed by atoms with van der Waals surface area (Å²) in [5.41, 5.74) is 0.715. The zero-order valence-corrected chi connectivity index (χ0v) is 9.90. The minimum Gasteiger partial charge on any atom is -0.390 e. The summed E-state index contributed by atoms with van der Waals surface area (Å²) in [5, 5.41) is 12.2. The number of rotatable bonds is 3. The standard InChI is InChI=1S/C15H18O/c1-15(2,16)10-9-12-7-8-13-5-3-4-6-14(13)11-12/h3-8,11,16H,9-10H2,1-2H3. The Morgan fingerprint density at radius 2 is 1.69 bits per heavy atom. The maximum absolute atomic E-state index is 9.69. The van der Waals surface area contributed by atoms with Crippen molar-refractivity contribution in [2.45, 2.75) is 32.3 Å². The van der Waals surface area contributed by atoms with Crippen molar-refractivity contribution in [3.8, 4) is 0 Å². The Labute approximate surface area is 96.7 Å². The second-order valence-electron chi connectivity index (χ2n) is 4.99. The summed E-state index contributed by atoms with van der Waals surface area (Å²) in [4.78, 5) is 0. The Bertz CT molecular complexity index is 480. The van der Waals surface area contributed by atoms with Crippen molar-refractivity contribution in [2.75, 3.05) is 0 Å². The second kappa shape index (κ2) is 4.26. The monoisotopic (exact) mass is 214 g/mol. The van der Waals surface area contributed by atoms with Crippen LogP contribution in [0.1, 0.15) is 25.8 Å². The van der Waals surface area contributed by atoms with Gasteiger partial charge < -0.3 is 5.11 Å². The van der Waals surface area contributed by atoms with Gasteiger partial charge in [0.15, 0.2) is 0 Å². The van der Waals surface area contributed by atoms with Crippen LogP contribution in [0.5, 0.6) is 0 Å². The molecule has 0 unspecified atom stereocenters. The maximum atomic E-state index is 9.69. The topological polar surface area (TPSA) is 20.2 Å². The van der Waals surface area contributed by atoms with E-state index >= 15 is 0 Å². The summed E-state index contributed by atoms with van der Waals surface area (Å²) in [6, 6.07) is 14.9. The lowest BCUT2D eigenvalue weighted by molar-refractivity contribution is 0.0714. The second-order valence-corrected chi connectivity index (χ2v) is 4.99. The molecular weight excluding hydrogens is 196 g/mol. The van der Waals surface area contributed by atoms with Crippen LogP contribution < -0.4 is 0 Å². The van der Waals surface area contributed by atoms with Crippen molar-refractivity contribution in [1.82, 2.24) is 0 Å². The first-order valence-corrected chi connectivity index (χ1v) is 5.75. The van der Waals surface area contributed by atoms with Gasteiger partial charge >= 0.3 is 0 Å². The largest absolute Gasteiger partial charge is 0.390 e. The highest BCUT2D eigenvalue weighted by Gasteiger charge is 2.11. The first-order valence-electron chi connectivity index (χ1n) is 5.75. The fourth-order valence-corrected chi connectivity index (χ4v) is 1.84. The number of benzene rings is 2. The lowest BCUT2D eigenvalue weighted by atomic mass is 9.97. The third-order valence-corrected chi connectivity index (χ3v) is 2.84. The molecule has 2 rings (SSSR count). The van der Waals surface area contributed by atoms with E-state index < -0.39 is 5.60 Å². The Morgan fingerprint density at radius 3 is 2.38 bits per heavy atom. The molecule has 2 aromatic carbocycles. The molecule has 0 aromatic heterocycles. The van der Waals surface area contributed by atoms with E-state index in [1.807, 2.05) is 13.8 Å². The fraction of sp³-hybridized carbons (Fsp3) is 0.333. The van der Waals surface area contributed by atoms with E-state index in [1.54, 1.807) is 0 Å². The van der Waals surface area contributed by atoms with Gasteiger partial charge in [-0.3, -0.25) is 0 Å². The molecule has 0 amide bonds. The molecule has 0 saturated carbocycles. The average molecular weight is 214 g/mol. The third kappa shape index (κ3) is 2.83. The number of aryl methyl sites for hydroxylation is 1. The van der Waals surface area contributed by atoms with Crippen LogP contribution in [-0.2, 0) is 6.42 Å². The molecule has 0 heterocycles. The van der Waals surface area contributed by atoms with Crippen LogP contribution in [0.3, 0.4) is 0 Å². The summed E-state index contributed by atoms with van der Waals surface area (Å²) in [6.45, 7) is 3.71. The fourth-order valence-electron chi connectivity index (χ4n) is 1.84. The van der Waals surface area contributed by atoms with Gasteiger partial charge in [-0.05, 0) is 43.0 Å². The van der Waals surface area contributed by atoms with E-state index in [1.165, 1.54) is 16.3 Å². The van der Waals surface area contributed by atoms with Gasteiger partial charge in [0.05, 0.1) is 5.60 Å². The molecule has 0 atom stereocenters. The van der Waals surface area contributed by atoms with E-state index in [0.717, 1.165) is 12.8 Å². The lowest BCUT2D eigenvalue weighted by Gasteiger charge is -2.16. The Kier molecular flexibility index (Phi) is 2.97. The van der Waals surface area contributed by atoms with Crippen LogP contribution in [0.15, 0.2) is 42.5 Å². The first kappa shape index (κ1) is 11.2. The van der Waals surface area contributed by atoms with Gasteiger partial charge in [-0.15, -0.1) is 0 Å². The zero-order valence-electron chi connectivity index (χ0n) is 9.90. The molecule has 0 spiro atoms. The molecule has 84 valence electrons. The van der Waals surface area contributed by atoms with Gasteiger partial charge in [0, 0.05) is 0 Å². The normalized spacial score (nSPS) is 11.9. The number of fused-ring (bicyclic) bond motifs is 1. The molecule has 1 heteroatoms. The third-order valence-electron chi connectivity index (χ3n) is 2.84. The molecule has 0 fully saturated rings. The molecular formula is C15H18O. The maximum Gasteiger partial charge on any atom is 0.0594 e. The summed E-state index contributed by atoms with van der Waals surface area (Å²) >= 11 is 0. The van der Waals surface area contributed by atoms with E-state index in [9.17, 15) is 5.11 Å². The van der Waals surface area contributed by atoms with Crippen molar-refractivity contribution in [3.63, 3.8) is 0 Å². The predicted octanol–water partition coefficient (Wildman–Crippen LogP) is 3.54. The lowest BCUT2D eigenvalue weighted by Crippen LogP contribution is -2.19. The molecule has 2 aromatic rings. The van der Waals surface area contributed by atoms with E-state index in [2.05, 4.69) is 42.5 Å².